The molecule has 0 radical (unpaired) electrons. The van der Waals surface area contributed by atoms with E-state index in [-0.39, 0.29) is 31.9 Å². The first kappa shape index (κ1) is 24.6. The van der Waals surface area contributed by atoms with Crippen LogP contribution in [0.5, 0.6) is 5.75 Å². The molecule has 0 spiro atoms. The minimum Gasteiger partial charge on any atom is -0.511 e. The van der Waals surface area contributed by atoms with Gasteiger partial charge in [0.2, 0.25) is 0 Å². The number of carbonyl (C=O) groups is 3. The molecule has 1 aromatic heterocycles. The summed E-state index contributed by atoms with van der Waals surface area (Å²) in [5.41, 5.74) is -0.0512. The molecule has 0 bridgehead atoms. The predicted octanol–water partition coefficient (Wildman–Crippen LogP) is 2.42. The van der Waals surface area contributed by atoms with Crippen molar-refractivity contribution in [1.82, 2.24) is 15.2 Å². The lowest BCUT2D eigenvalue weighted by atomic mass is 10.0. The maximum atomic E-state index is 12.6. The van der Waals surface area contributed by atoms with Gasteiger partial charge in [-0.05, 0) is 23.3 Å². The van der Waals surface area contributed by atoms with E-state index in [4.69, 9.17) is 9.84 Å². The third-order valence-corrected chi connectivity index (χ3v) is 4.86. The second kappa shape index (κ2) is 10.2. The molecule has 34 heavy (non-hydrogen) atoms. The number of halogens is 3. The Balaban J connectivity index is 1.57. The van der Waals surface area contributed by atoms with Crippen LogP contribution in [0.1, 0.15) is 23.2 Å². The van der Waals surface area contributed by atoms with Crippen molar-refractivity contribution < 1.29 is 42.5 Å². The third-order valence-electron chi connectivity index (χ3n) is 4.86. The van der Waals surface area contributed by atoms with Crippen molar-refractivity contribution >= 4 is 17.8 Å². The van der Waals surface area contributed by atoms with E-state index < -0.39 is 47.5 Å². The standard InChI is InChI=1S/C22H20F3N3O6/c23-22(24,25)17-6-5-15(9-26-17)34-12-14-3-1-13(2-4-14)11-28-8-7-16(29)19(21(28)33)20(32)27-10-18(30)31/h1-6,9,29H,7-8,10-12H2,(H,27,32)(H,30,31). The number of carbonyl (C=O) groups excluding carboxylic acids is 2. The first-order valence-electron chi connectivity index (χ1n) is 10.00. The molecule has 1 aliphatic heterocycles. The van der Waals surface area contributed by atoms with E-state index in [9.17, 15) is 32.7 Å². The maximum absolute atomic E-state index is 12.6. The summed E-state index contributed by atoms with van der Waals surface area (Å²) in [4.78, 5) is 40.1. The molecule has 1 aliphatic rings. The van der Waals surface area contributed by atoms with Crippen molar-refractivity contribution in [1.29, 1.82) is 0 Å². The van der Waals surface area contributed by atoms with Crippen molar-refractivity contribution in [3.05, 3.63) is 70.7 Å². The summed E-state index contributed by atoms with van der Waals surface area (Å²) in [5, 5.41) is 20.7. The van der Waals surface area contributed by atoms with E-state index in [0.717, 1.165) is 23.4 Å². The normalized spacial score (nSPS) is 14.2. The number of amides is 2. The number of pyridine rings is 1. The highest BCUT2D eigenvalue weighted by Crippen LogP contribution is 2.28. The number of aromatic nitrogens is 1. The zero-order valence-corrected chi connectivity index (χ0v) is 17.6. The average Bonchev–Trinajstić information content (AvgIpc) is 2.79. The Bertz CT molecular complexity index is 1100. The Morgan fingerprint density at radius 1 is 1.12 bits per heavy atom. The fourth-order valence-corrected chi connectivity index (χ4v) is 3.13. The SMILES string of the molecule is O=C(O)CNC(=O)C1=C(O)CCN(Cc2ccc(COc3ccc(C(F)(F)F)nc3)cc2)C1=O. The van der Waals surface area contributed by atoms with E-state index in [1.165, 1.54) is 11.0 Å². The number of alkyl halides is 3. The number of aliphatic carboxylic acids is 1. The van der Waals surface area contributed by atoms with Crippen LogP contribution < -0.4 is 10.1 Å². The number of hydrogen-bond acceptors (Lipinski definition) is 6. The van der Waals surface area contributed by atoms with E-state index in [0.29, 0.717) is 0 Å². The molecule has 0 fully saturated rings. The van der Waals surface area contributed by atoms with Gasteiger partial charge in [-0.25, -0.2) is 4.98 Å². The quantitative estimate of drug-likeness (QED) is 0.496. The number of rotatable bonds is 8. The molecule has 2 heterocycles. The lowest BCUT2D eigenvalue weighted by molar-refractivity contribution is -0.141. The van der Waals surface area contributed by atoms with E-state index in [1.807, 2.05) is 0 Å². The summed E-state index contributed by atoms with van der Waals surface area (Å²) in [6.45, 7) is -0.284. The van der Waals surface area contributed by atoms with Gasteiger partial charge in [-0.1, -0.05) is 24.3 Å². The zero-order valence-electron chi connectivity index (χ0n) is 17.6. The second-order valence-electron chi connectivity index (χ2n) is 7.36. The Labute approximate surface area is 191 Å². The number of benzene rings is 1. The minimum atomic E-state index is -4.53. The number of nitrogens with zero attached hydrogens (tertiary/aromatic N) is 2. The summed E-state index contributed by atoms with van der Waals surface area (Å²) in [5.74, 6) is -3.17. The molecular weight excluding hydrogens is 459 g/mol. The van der Waals surface area contributed by atoms with Crippen molar-refractivity contribution in [3.63, 3.8) is 0 Å². The molecule has 12 heteroatoms. The lowest BCUT2D eigenvalue weighted by Gasteiger charge is -2.28. The highest BCUT2D eigenvalue weighted by Gasteiger charge is 2.33. The zero-order chi connectivity index (χ0) is 24.9. The van der Waals surface area contributed by atoms with Crippen LogP contribution in [-0.4, -0.2) is 51.0 Å². The van der Waals surface area contributed by atoms with E-state index in [1.54, 1.807) is 24.3 Å². The first-order valence-corrected chi connectivity index (χ1v) is 10.00. The molecule has 9 nitrogen and oxygen atoms in total. The van der Waals surface area contributed by atoms with Gasteiger partial charge in [0.15, 0.2) is 0 Å². The largest absolute Gasteiger partial charge is 0.511 e. The Morgan fingerprint density at radius 3 is 2.38 bits per heavy atom. The molecule has 2 aromatic rings. The van der Waals surface area contributed by atoms with Gasteiger partial charge in [-0.2, -0.15) is 13.2 Å². The summed E-state index contributed by atoms with van der Waals surface area (Å²) < 4.78 is 43.1. The Morgan fingerprint density at radius 2 is 1.79 bits per heavy atom. The number of carboxylic acid groups (broad SMARTS) is 1. The Hall–Kier alpha value is -4.09. The van der Waals surface area contributed by atoms with Gasteiger partial charge in [0.05, 0.1) is 6.20 Å². The molecule has 0 saturated heterocycles. The molecular formula is C22H20F3N3O6. The van der Waals surface area contributed by atoms with E-state index >= 15 is 0 Å². The van der Waals surface area contributed by atoms with Crippen LogP contribution in [0, 0.1) is 0 Å². The molecule has 3 rings (SSSR count). The maximum Gasteiger partial charge on any atom is 0.433 e. The number of carboxylic acids is 1. The van der Waals surface area contributed by atoms with Gasteiger partial charge < -0.3 is 25.2 Å². The van der Waals surface area contributed by atoms with Crippen molar-refractivity contribution in [2.75, 3.05) is 13.1 Å². The Kier molecular flexibility index (Phi) is 7.39. The van der Waals surface area contributed by atoms with Gasteiger partial charge in [-0.15, -0.1) is 0 Å². The van der Waals surface area contributed by atoms with Crippen LogP contribution in [0.15, 0.2) is 53.9 Å². The van der Waals surface area contributed by atoms with E-state index in [2.05, 4.69) is 10.3 Å². The number of ether oxygens (including phenoxy) is 1. The molecule has 2 amide bonds. The monoisotopic (exact) mass is 479 g/mol. The van der Waals surface area contributed by atoms with Crippen LogP contribution >= 0.6 is 0 Å². The lowest BCUT2D eigenvalue weighted by Crippen LogP contribution is -2.43. The fraction of sp³-hybridized carbons (Fsp3) is 0.273. The second-order valence-corrected chi connectivity index (χ2v) is 7.36. The van der Waals surface area contributed by atoms with Crippen molar-refractivity contribution in [2.24, 2.45) is 0 Å². The topological polar surface area (TPSA) is 129 Å². The number of nitrogens with one attached hydrogen (secondary N) is 1. The number of hydrogen-bond donors (Lipinski definition) is 3. The summed E-state index contributed by atoms with van der Waals surface area (Å²) in [6, 6.07) is 8.89. The highest BCUT2D eigenvalue weighted by atomic mass is 19.4. The fourth-order valence-electron chi connectivity index (χ4n) is 3.13. The van der Waals surface area contributed by atoms with Crippen LogP contribution in [-0.2, 0) is 33.7 Å². The van der Waals surface area contributed by atoms with Crippen LogP contribution in [0.3, 0.4) is 0 Å². The number of aliphatic hydroxyl groups is 1. The van der Waals surface area contributed by atoms with Gasteiger partial charge >= 0.3 is 12.1 Å². The van der Waals surface area contributed by atoms with Gasteiger partial charge in [-0.3, -0.25) is 14.4 Å². The molecule has 0 saturated carbocycles. The van der Waals surface area contributed by atoms with Gasteiger partial charge in [0.25, 0.3) is 11.8 Å². The van der Waals surface area contributed by atoms with Crippen LogP contribution in [0.2, 0.25) is 0 Å². The van der Waals surface area contributed by atoms with Crippen LogP contribution in [0.25, 0.3) is 0 Å². The molecule has 0 unspecified atom stereocenters. The van der Waals surface area contributed by atoms with Gasteiger partial charge in [0, 0.05) is 19.5 Å². The number of aliphatic hydroxyl groups excluding tert-OH is 1. The highest BCUT2D eigenvalue weighted by molar-refractivity contribution is 6.19. The summed E-state index contributed by atoms with van der Waals surface area (Å²) in [7, 11) is 0. The van der Waals surface area contributed by atoms with Crippen molar-refractivity contribution in [2.45, 2.75) is 25.7 Å². The molecule has 0 atom stereocenters. The molecule has 180 valence electrons. The van der Waals surface area contributed by atoms with Gasteiger partial charge in [0.1, 0.15) is 35.9 Å². The summed E-state index contributed by atoms with van der Waals surface area (Å²) >= 11 is 0. The predicted molar refractivity (Wildman–Crippen MR) is 110 cm³/mol. The summed E-state index contributed by atoms with van der Waals surface area (Å²) in [6.07, 6.45) is -3.48. The minimum absolute atomic E-state index is 0.0503. The average molecular weight is 479 g/mol. The molecule has 0 aliphatic carbocycles. The van der Waals surface area contributed by atoms with Crippen LogP contribution in [0.4, 0.5) is 13.2 Å². The third kappa shape index (κ3) is 6.24. The van der Waals surface area contributed by atoms with Crippen molar-refractivity contribution in [3.8, 4) is 5.75 Å². The first-order chi connectivity index (χ1) is 16.0. The molecule has 3 N–H and O–H groups in total. The smallest absolute Gasteiger partial charge is 0.433 e. The molecule has 1 aromatic carbocycles.